The summed E-state index contributed by atoms with van der Waals surface area (Å²) in [5, 5.41) is 12.5. The number of nitriles is 1. The molecule has 4 heteroatoms. The molecule has 1 aromatic carbocycles. The van der Waals surface area contributed by atoms with Crippen LogP contribution in [0.4, 0.5) is 0 Å². The molecule has 18 heavy (non-hydrogen) atoms. The summed E-state index contributed by atoms with van der Waals surface area (Å²) in [5.74, 6) is -0.0705. The molecule has 1 aromatic rings. The van der Waals surface area contributed by atoms with E-state index >= 15 is 0 Å². The summed E-state index contributed by atoms with van der Waals surface area (Å²) >= 11 is 1.87. The molecule has 2 rings (SSSR count). The molecule has 0 heterocycles. The molecule has 2 unspecified atom stereocenters. The topological polar surface area (TPSA) is 52.9 Å². The Morgan fingerprint density at radius 2 is 2.33 bits per heavy atom. The van der Waals surface area contributed by atoms with Crippen molar-refractivity contribution in [1.82, 2.24) is 5.32 Å². The highest BCUT2D eigenvalue weighted by Crippen LogP contribution is 2.28. The number of carbonyl (C=O) groups is 1. The van der Waals surface area contributed by atoms with Gasteiger partial charge in [-0.2, -0.15) is 17.0 Å². The molecule has 3 nitrogen and oxygen atoms in total. The van der Waals surface area contributed by atoms with Crippen LogP contribution in [0.1, 0.15) is 35.2 Å². The Kier molecular flexibility index (Phi) is 4.27. The second-order valence-electron chi connectivity index (χ2n) is 4.53. The van der Waals surface area contributed by atoms with Gasteiger partial charge in [-0.05, 0) is 43.7 Å². The van der Waals surface area contributed by atoms with Crippen LogP contribution in [-0.2, 0) is 0 Å². The Hall–Kier alpha value is -1.47. The van der Waals surface area contributed by atoms with E-state index in [0.717, 1.165) is 12.8 Å². The maximum atomic E-state index is 12.0. The molecule has 1 aliphatic rings. The Morgan fingerprint density at radius 3 is 3.00 bits per heavy atom. The SMILES string of the molecule is CSC1CCC(NC(=O)c2cccc(C#N)c2)C1. The lowest BCUT2D eigenvalue weighted by atomic mass is 10.1. The van der Waals surface area contributed by atoms with Gasteiger partial charge in [-0.3, -0.25) is 4.79 Å². The second kappa shape index (κ2) is 5.92. The summed E-state index contributed by atoms with van der Waals surface area (Å²) in [4.78, 5) is 12.0. The van der Waals surface area contributed by atoms with Crippen molar-refractivity contribution in [3.8, 4) is 6.07 Å². The molecule has 1 aliphatic carbocycles. The van der Waals surface area contributed by atoms with E-state index in [4.69, 9.17) is 5.26 Å². The Balaban J connectivity index is 1.98. The molecule has 0 spiro atoms. The van der Waals surface area contributed by atoms with Crippen molar-refractivity contribution in [3.05, 3.63) is 35.4 Å². The van der Waals surface area contributed by atoms with E-state index in [2.05, 4.69) is 11.6 Å². The zero-order valence-electron chi connectivity index (χ0n) is 10.3. The third-order valence-electron chi connectivity index (χ3n) is 3.31. The minimum atomic E-state index is -0.0705. The fourth-order valence-electron chi connectivity index (χ4n) is 2.28. The lowest BCUT2D eigenvalue weighted by Gasteiger charge is -2.12. The molecule has 0 aromatic heterocycles. The average molecular weight is 260 g/mol. The predicted octanol–water partition coefficient (Wildman–Crippen LogP) is 2.57. The predicted molar refractivity (Wildman–Crippen MR) is 73.6 cm³/mol. The van der Waals surface area contributed by atoms with Crippen LogP contribution in [0.3, 0.4) is 0 Å². The first-order chi connectivity index (χ1) is 8.72. The van der Waals surface area contributed by atoms with Gasteiger partial charge in [0.15, 0.2) is 0 Å². The highest BCUT2D eigenvalue weighted by atomic mass is 32.2. The third-order valence-corrected chi connectivity index (χ3v) is 4.40. The number of amides is 1. The van der Waals surface area contributed by atoms with E-state index in [0.29, 0.717) is 16.4 Å². The summed E-state index contributed by atoms with van der Waals surface area (Å²) < 4.78 is 0. The molecular formula is C14H16N2OS. The molecule has 0 bridgehead atoms. The Bertz CT molecular complexity index is 481. The summed E-state index contributed by atoms with van der Waals surface area (Å²) in [7, 11) is 0. The first-order valence-corrected chi connectivity index (χ1v) is 7.35. The van der Waals surface area contributed by atoms with Gasteiger partial charge in [-0.25, -0.2) is 0 Å². The highest BCUT2D eigenvalue weighted by molar-refractivity contribution is 7.99. The van der Waals surface area contributed by atoms with E-state index in [-0.39, 0.29) is 11.9 Å². The van der Waals surface area contributed by atoms with Crippen LogP contribution in [0.5, 0.6) is 0 Å². The van der Waals surface area contributed by atoms with Gasteiger partial charge in [-0.15, -0.1) is 0 Å². The maximum Gasteiger partial charge on any atom is 0.251 e. The molecule has 94 valence electrons. The molecule has 0 aliphatic heterocycles. The lowest BCUT2D eigenvalue weighted by molar-refractivity contribution is 0.0938. The summed E-state index contributed by atoms with van der Waals surface area (Å²) in [6.07, 6.45) is 5.38. The molecule has 1 saturated carbocycles. The largest absolute Gasteiger partial charge is 0.349 e. The Labute approximate surface area is 112 Å². The standard InChI is InChI=1S/C14H16N2OS/c1-18-13-6-5-12(8-13)16-14(17)11-4-2-3-10(7-11)9-15/h2-4,7,12-13H,5-6,8H2,1H3,(H,16,17). The number of carbonyl (C=O) groups excluding carboxylic acids is 1. The molecule has 0 saturated heterocycles. The van der Waals surface area contributed by atoms with Crippen molar-refractivity contribution in [1.29, 1.82) is 5.26 Å². The number of benzene rings is 1. The van der Waals surface area contributed by atoms with E-state index in [1.165, 1.54) is 6.42 Å². The number of nitrogens with zero attached hydrogens (tertiary/aromatic N) is 1. The van der Waals surface area contributed by atoms with Gasteiger partial charge in [0.2, 0.25) is 0 Å². The van der Waals surface area contributed by atoms with Crippen LogP contribution in [0.25, 0.3) is 0 Å². The molecule has 1 amide bonds. The van der Waals surface area contributed by atoms with Gasteiger partial charge in [0.25, 0.3) is 5.91 Å². The first kappa shape index (κ1) is 13.0. The Morgan fingerprint density at radius 1 is 1.50 bits per heavy atom. The van der Waals surface area contributed by atoms with Gasteiger partial charge in [-0.1, -0.05) is 6.07 Å². The number of rotatable bonds is 3. The van der Waals surface area contributed by atoms with Gasteiger partial charge in [0.1, 0.15) is 0 Å². The fraction of sp³-hybridized carbons (Fsp3) is 0.429. The quantitative estimate of drug-likeness (QED) is 0.908. The van der Waals surface area contributed by atoms with Crippen molar-refractivity contribution in [2.75, 3.05) is 6.26 Å². The van der Waals surface area contributed by atoms with Crippen LogP contribution in [0.2, 0.25) is 0 Å². The van der Waals surface area contributed by atoms with Crippen LogP contribution in [0.15, 0.2) is 24.3 Å². The zero-order valence-corrected chi connectivity index (χ0v) is 11.2. The molecule has 0 radical (unpaired) electrons. The normalized spacial score (nSPS) is 22.4. The van der Waals surface area contributed by atoms with Gasteiger partial charge >= 0.3 is 0 Å². The average Bonchev–Trinajstić information content (AvgIpc) is 2.86. The highest BCUT2D eigenvalue weighted by Gasteiger charge is 2.25. The van der Waals surface area contributed by atoms with Crippen molar-refractivity contribution < 1.29 is 4.79 Å². The van der Waals surface area contributed by atoms with Crippen LogP contribution in [-0.4, -0.2) is 23.5 Å². The minimum Gasteiger partial charge on any atom is -0.349 e. The molecular weight excluding hydrogens is 244 g/mol. The maximum absolute atomic E-state index is 12.0. The zero-order chi connectivity index (χ0) is 13.0. The smallest absolute Gasteiger partial charge is 0.251 e. The van der Waals surface area contributed by atoms with Crippen LogP contribution in [0, 0.1) is 11.3 Å². The van der Waals surface area contributed by atoms with Gasteiger partial charge in [0, 0.05) is 16.9 Å². The van der Waals surface area contributed by atoms with Crippen LogP contribution < -0.4 is 5.32 Å². The van der Waals surface area contributed by atoms with E-state index in [1.807, 2.05) is 17.8 Å². The van der Waals surface area contributed by atoms with Crippen molar-refractivity contribution in [3.63, 3.8) is 0 Å². The number of thioether (sulfide) groups is 1. The molecule has 1 N–H and O–H groups in total. The molecule has 1 fully saturated rings. The minimum absolute atomic E-state index is 0.0705. The summed E-state index contributed by atoms with van der Waals surface area (Å²) in [5.41, 5.74) is 1.10. The van der Waals surface area contributed by atoms with Crippen molar-refractivity contribution in [2.24, 2.45) is 0 Å². The summed E-state index contributed by atoms with van der Waals surface area (Å²) in [6, 6.07) is 9.16. The molecule has 2 atom stereocenters. The van der Waals surface area contributed by atoms with E-state index in [9.17, 15) is 4.79 Å². The van der Waals surface area contributed by atoms with Crippen LogP contribution >= 0.6 is 11.8 Å². The monoisotopic (exact) mass is 260 g/mol. The van der Waals surface area contributed by atoms with Gasteiger partial charge < -0.3 is 5.32 Å². The third kappa shape index (κ3) is 3.05. The van der Waals surface area contributed by atoms with Crippen molar-refractivity contribution in [2.45, 2.75) is 30.6 Å². The van der Waals surface area contributed by atoms with Crippen molar-refractivity contribution >= 4 is 17.7 Å². The number of hydrogen-bond acceptors (Lipinski definition) is 3. The van der Waals surface area contributed by atoms with Gasteiger partial charge in [0.05, 0.1) is 11.6 Å². The summed E-state index contributed by atoms with van der Waals surface area (Å²) in [6.45, 7) is 0. The van der Waals surface area contributed by atoms with E-state index < -0.39 is 0 Å². The number of hydrogen-bond donors (Lipinski definition) is 1. The number of nitrogens with one attached hydrogen (secondary N) is 1. The second-order valence-corrected chi connectivity index (χ2v) is 5.67. The first-order valence-electron chi connectivity index (χ1n) is 6.06. The van der Waals surface area contributed by atoms with E-state index in [1.54, 1.807) is 24.3 Å². The fourth-order valence-corrected chi connectivity index (χ4v) is 3.08. The lowest BCUT2D eigenvalue weighted by Crippen LogP contribution is -2.33.